The van der Waals surface area contributed by atoms with Crippen molar-refractivity contribution in [3.8, 4) is 5.75 Å². The molecule has 2 aromatic rings. The molecule has 1 aliphatic rings. The average molecular weight is 401 g/mol. The van der Waals surface area contributed by atoms with Gasteiger partial charge in [0.25, 0.3) is 0 Å². The first-order valence-electron chi connectivity index (χ1n) is 10.5. The van der Waals surface area contributed by atoms with Crippen LogP contribution in [0.2, 0.25) is 0 Å². The third-order valence-corrected chi connectivity index (χ3v) is 6.39. The monoisotopic (exact) mass is 400 g/mol. The third kappa shape index (κ3) is 5.23. The summed E-state index contributed by atoms with van der Waals surface area (Å²) < 4.78 is 34.4. The van der Waals surface area contributed by atoms with Crippen LogP contribution in [0.4, 0.5) is 8.78 Å². The molecule has 0 radical (unpaired) electrons. The van der Waals surface area contributed by atoms with Crippen LogP contribution in [0.15, 0.2) is 24.3 Å². The molecule has 0 bridgehead atoms. The Balaban J connectivity index is 1.69. The van der Waals surface area contributed by atoms with E-state index in [1.54, 1.807) is 12.1 Å². The molecule has 1 saturated carbocycles. The van der Waals surface area contributed by atoms with E-state index in [-0.39, 0.29) is 0 Å². The summed E-state index contributed by atoms with van der Waals surface area (Å²) in [4.78, 5) is 12.4. The van der Waals surface area contributed by atoms with Crippen molar-refractivity contribution in [2.24, 2.45) is 11.8 Å². The molecule has 3 rings (SSSR count). The normalized spacial score (nSPS) is 19.2. The Hall–Kier alpha value is -2.23. The van der Waals surface area contributed by atoms with E-state index in [1.165, 1.54) is 37.8 Å². The molecule has 1 aliphatic carbocycles. The van der Waals surface area contributed by atoms with Crippen LogP contribution in [0.1, 0.15) is 71.6 Å². The zero-order valence-corrected chi connectivity index (χ0v) is 17.8. The first-order chi connectivity index (χ1) is 13.7. The fourth-order valence-electron chi connectivity index (χ4n) is 4.17. The minimum Gasteiger partial charge on any atom is -0.423 e. The van der Waals surface area contributed by atoms with Crippen LogP contribution in [-0.4, -0.2) is 5.97 Å². The quantitative estimate of drug-likeness (QED) is 0.404. The van der Waals surface area contributed by atoms with Gasteiger partial charge in [0.15, 0.2) is 0 Å². The summed E-state index contributed by atoms with van der Waals surface area (Å²) >= 11 is 0. The summed E-state index contributed by atoms with van der Waals surface area (Å²) in [6.07, 6.45) is 6.39. The predicted molar refractivity (Wildman–Crippen MR) is 111 cm³/mol. The van der Waals surface area contributed by atoms with Crippen molar-refractivity contribution in [1.29, 1.82) is 0 Å². The molecule has 2 nitrogen and oxygen atoms in total. The smallest absolute Gasteiger partial charge is 0.349 e. The Morgan fingerprint density at radius 2 is 1.52 bits per heavy atom. The molecule has 0 N–H and O–H groups in total. The van der Waals surface area contributed by atoms with E-state index in [0.29, 0.717) is 23.7 Å². The van der Waals surface area contributed by atoms with Crippen molar-refractivity contribution < 1.29 is 18.3 Å². The molecule has 4 heteroatoms. The maximum Gasteiger partial charge on any atom is 0.349 e. The predicted octanol–water partition coefficient (Wildman–Crippen LogP) is 6.87. The molecule has 0 amide bonds. The Morgan fingerprint density at radius 3 is 2.07 bits per heavy atom. The number of aryl methyl sites for hydroxylation is 3. The van der Waals surface area contributed by atoms with Gasteiger partial charge in [-0.05, 0) is 92.0 Å². The summed E-state index contributed by atoms with van der Waals surface area (Å²) in [5, 5.41) is 0. The van der Waals surface area contributed by atoms with Crippen LogP contribution < -0.4 is 4.74 Å². The summed E-state index contributed by atoms with van der Waals surface area (Å²) in [7, 11) is 0. The molecule has 0 aliphatic heterocycles. The molecule has 29 heavy (non-hydrogen) atoms. The van der Waals surface area contributed by atoms with E-state index in [0.717, 1.165) is 29.0 Å². The fourth-order valence-corrected chi connectivity index (χ4v) is 4.17. The topological polar surface area (TPSA) is 26.3 Å². The molecule has 156 valence electrons. The molecule has 0 spiro atoms. The molecule has 0 saturated heterocycles. The largest absolute Gasteiger partial charge is 0.423 e. The van der Waals surface area contributed by atoms with Gasteiger partial charge in [0.05, 0.1) is 0 Å². The average Bonchev–Trinajstić information content (AvgIpc) is 2.65. The van der Waals surface area contributed by atoms with Crippen LogP contribution in [-0.2, 0) is 6.42 Å². The van der Waals surface area contributed by atoms with Gasteiger partial charge in [-0.1, -0.05) is 32.6 Å². The second-order valence-electron chi connectivity index (χ2n) is 8.67. The van der Waals surface area contributed by atoms with Crippen LogP contribution in [0.5, 0.6) is 5.75 Å². The lowest BCUT2D eigenvalue weighted by Gasteiger charge is -2.26. The van der Waals surface area contributed by atoms with Crippen molar-refractivity contribution in [1.82, 2.24) is 0 Å². The highest BCUT2D eigenvalue weighted by Crippen LogP contribution is 2.31. The van der Waals surface area contributed by atoms with Crippen molar-refractivity contribution in [2.75, 3.05) is 0 Å². The highest BCUT2D eigenvalue weighted by molar-refractivity contribution is 5.91. The Labute approximate surface area is 172 Å². The minimum atomic E-state index is -1.00. The number of carbonyl (C=O) groups excluding carboxylic acids is 1. The Bertz CT molecular complexity index is 850. The van der Waals surface area contributed by atoms with Gasteiger partial charge >= 0.3 is 5.97 Å². The maximum atomic E-state index is 14.6. The van der Waals surface area contributed by atoms with Crippen molar-refractivity contribution in [2.45, 2.75) is 66.2 Å². The van der Waals surface area contributed by atoms with Crippen LogP contribution in [0.3, 0.4) is 0 Å². The summed E-state index contributed by atoms with van der Waals surface area (Å²) in [5.74, 6) is -1.02. The lowest BCUT2D eigenvalue weighted by molar-refractivity contribution is 0.0724. The highest BCUT2D eigenvalue weighted by atomic mass is 19.1. The lowest BCUT2D eigenvalue weighted by atomic mass is 9.80. The fraction of sp³-hybridized carbons (Fsp3) is 0.480. The number of halogens is 2. The van der Waals surface area contributed by atoms with Gasteiger partial charge < -0.3 is 4.74 Å². The minimum absolute atomic E-state index is 0.296. The first-order valence-corrected chi connectivity index (χ1v) is 10.5. The number of hydrogen-bond donors (Lipinski definition) is 0. The third-order valence-electron chi connectivity index (χ3n) is 6.39. The molecule has 0 atom stereocenters. The van der Waals surface area contributed by atoms with Gasteiger partial charge in [0.2, 0.25) is 0 Å². The molecule has 2 aromatic carbocycles. The number of hydrogen-bond acceptors (Lipinski definition) is 2. The van der Waals surface area contributed by atoms with E-state index in [9.17, 15) is 13.6 Å². The number of rotatable bonds is 5. The van der Waals surface area contributed by atoms with Gasteiger partial charge in [-0.3, -0.25) is 0 Å². The summed E-state index contributed by atoms with van der Waals surface area (Å²) in [6.45, 7) is 8.06. The molecule has 1 fully saturated rings. The van der Waals surface area contributed by atoms with E-state index in [1.807, 2.05) is 20.8 Å². The van der Waals surface area contributed by atoms with E-state index < -0.39 is 23.2 Å². The van der Waals surface area contributed by atoms with Gasteiger partial charge in [0, 0.05) is 0 Å². The van der Waals surface area contributed by atoms with Crippen molar-refractivity contribution >= 4 is 5.97 Å². The molecule has 0 unspecified atom stereocenters. The van der Waals surface area contributed by atoms with Gasteiger partial charge in [0.1, 0.15) is 22.9 Å². The molecule has 0 heterocycles. The second-order valence-corrected chi connectivity index (χ2v) is 8.67. The van der Waals surface area contributed by atoms with E-state index in [2.05, 4.69) is 6.92 Å². The lowest BCUT2D eigenvalue weighted by Crippen LogP contribution is -2.15. The summed E-state index contributed by atoms with van der Waals surface area (Å²) in [6, 6.07) is 5.96. The maximum absolute atomic E-state index is 14.6. The van der Waals surface area contributed by atoms with Gasteiger partial charge in [-0.15, -0.1) is 0 Å². The van der Waals surface area contributed by atoms with Gasteiger partial charge in [-0.25, -0.2) is 13.6 Å². The van der Waals surface area contributed by atoms with Crippen LogP contribution >= 0.6 is 0 Å². The number of esters is 1. The highest BCUT2D eigenvalue weighted by Gasteiger charge is 2.22. The Kier molecular flexibility index (Phi) is 6.71. The van der Waals surface area contributed by atoms with Crippen molar-refractivity contribution in [3.63, 3.8) is 0 Å². The molecular weight excluding hydrogens is 370 g/mol. The van der Waals surface area contributed by atoms with Crippen molar-refractivity contribution in [3.05, 3.63) is 63.7 Å². The molecule has 0 aromatic heterocycles. The second kappa shape index (κ2) is 9.06. The Morgan fingerprint density at radius 1 is 0.966 bits per heavy atom. The number of ether oxygens (including phenoxy) is 1. The standard InChI is InChI=1S/C25H30F2O2/c1-15-5-7-19(8-6-15)9-10-20-13-22(26)24(23(27)14-20)25(28)29-21-11-16(2)18(4)17(3)12-21/h11-15,19H,5-10H2,1-4H3. The van der Waals surface area contributed by atoms with E-state index >= 15 is 0 Å². The summed E-state index contributed by atoms with van der Waals surface area (Å²) in [5.41, 5.74) is 2.98. The zero-order chi connectivity index (χ0) is 21.1. The number of benzene rings is 2. The zero-order valence-electron chi connectivity index (χ0n) is 17.8. The van der Waals surface area contributed by atoms with Gasteiger partial charge in [-0.2, -0.15) is 0 Å². The first kappa shape index (κ1) is 21.5. The van der Waals surface area contributed by atoms with Crippen LogP contribution in [0, 0.1) is 44.2 Å². The number of carbonyl (C=O) groups is 1. The molecular formula is C25H30F2O2. The SMILES string of the molecule is Cc1cc(OC(=O)c2c(F)cc(CCC3CCC(C)CC3)cc2F)cc(C)c1C. The van der Waals surface area contributed by atoms with E-state index in [4.69, 9.17) is 4.74 Å². The van der Waals surface area contributed by atoms with Crippen LogP contribution in [0.25, 0.3) is 0 Å².